The van der Waals surface area contributed by atoms with Gasteiger partial charge in [-0.3, -0.25) is 0 Å². The van der Waals surface area contributed by atoms with Crippen molar-refractivity contribution < 1.29 is 4.74 Å². The first-order chi connectivity index (χ1) is 7.14. The molecule has 0 heterocycles. The molecular formula is C13H27NO. The van der Waals surface area contributed by atoms with Crippen LogP contribution in [-0.4, -0.2) is 25.8 Å². The molecule has 90 valence electrons. The summed E-state index contributed by atoms with van der Waals surface area (Å²) < 4.78 is 5.96. The van der Waals surface area contributed by atoms with Crippen LogP contribution >= 0.6 is 0 Å². The fraction of sp³-hybridized carbons (Fsp3) is 1.00. The van der Waals surface area contributed by atoms with Crippen molar-refractivity contribution in [2.24, 2.45) is 5.41 Å². The first-order valence-corrected chi connectivity index (χ1v) is 6.46. The van der Waals surface area contributed by atoms with E-state index in [2.05, 4.69) is 26.1 Å². The molecule has 2 nitrogen and oxygen atoms in total. The third-order valence-electron chi connectivity index (χ3n) is 3.04. The Labute approximate surface area is 94.8 Å². The average Bonchev–Trinajstić information content (AvgIpc) is 2.68. The van der Waals surface area contributed by atoms with Crippen LogP contribution in [0, 0.1) is 5.41 Å². The van der Waals surface area contributed by atoms with Gasteiger partial charge in [-0.25, -0.2) is 0 Å². The largest absolute Gasteiger partial charge is 0.378 e. The van der Waals surface area contributed by atoms with Crippen molar-refractivity contribution >= 4 is 0 Å². The van der Waals surface area contributed by atoms with Crippen molar-refractivity contribution in [3.8, 4) is 0 Å². The van der Waals surface area contributed by atoms with E-state index in [0.717, 1.165) is 19.7 Å². The zero-order chi connectivity index (χ0) is 11.1. The molecule has 0 atom stereocenters. The zero-order valence-electron chi connectivity index (χ0n) is 10.6. The Balaban J connectivity index is 2.10. The molecule has 1 fully saturated rings. The van der Waals surface area contributed by atoms with Crippen molar-refractivity contribution in [3.05, 3.63) is 0 Å². The molecule has 0 amide bonds. The van der Waals surface area contributed by atoms with E-state index < -0.39 is 0 Å². The highest BCUT2D eigenvalue weighted by Gasteiger charge is 2.22. The molecule has 0 aromatic rings. The highest BCUT2D eigenvalue weighted by atomic mass is 16.5. The van der Waals surface area contributed by atoms with Crippen LogP contribution in [0.3, 0.4) is 0 Å². The van der Waals surface area contributed by atoms with Gasteiger partial charge in [0.1, 0.15) is 0 Å². The van der Waals surface area contributed by atoms with Crippen LogP contribution in [0.2, 0.25) is 0 Å². The summed E-state index contributed by atoms with van der Waals surface area (Å²) in [5.74, 6) is 0. The van der Waals surface area contributed by atoms with Crippen molar-refractivity contribution in [1.82, 2.24) is 5.32 Å². The summed E-state index contributed by atoms with van der Waals surface area (Å²) >= 11 is 0. The molecule has 15 heavy (non-hydrogen) atoms. The van der Waals surface area contributed by atoms with E-state index in [0.29, 0.717) is 6.10 Å². The van der Waals surface area contributed by atoms with Crippen LogP contribution in [-0.2, 0) is 4.74 Å². The molecule has 0 aliphatic heterocycles. The minimum atomic E-state index is 0.276. The first kappa shape index (κ1) is 13.0. The Morgan fingerprint density at radius 2 is 1.93 bits per heavy atom. The summed E-state index contributed by atoms with van der Waals surface area (Å²) in [5, 5.41) is 3.47. The first-order valence-electron chi connectivity index (χ1n) is 6.46. The maximum absolute atomic E-state index is 5.96. The van der Waals surface area contributed by atoms with Crippen LogP contribution in [0.5, 0.6) is 0 Å². The molecule has 1 aliphatic carbocycles. The third kappa shape index (κ3) is 5.53. The number of ether oxygens (including phenoxy) is 1. The molecule has 0 unspecified atom stereocenters. The van der Waals surface area contributed by atoms with Crippen molar-refractivity contribution in [3.63, 3.8) is 0 Å². The highest BCUT2D eigenvalue weighted by Crippen LogP contribution is 2.24. The van der Waals surface area contributed by atoms with Gasteiger partial charge in [-0.2, -0.15) is 0 Å². The van der Waals surface area contributed by atoms with Crippen LogP contribution in [0.15, 0.2) is 0 Å². The molecule has 0 bridgehead atoms. The van der Waals surface area contributed by atoms with Gasteiger partial charge in [0.2, 0.25) is 0 Å². The maximum atomic E-state index is 5.96. The molecule has 1 aliphatic rings. The lowest BCUT2D eigenvalue weighted by Gasteiger charge is -2.26. The molecule has 0 aromatic carbocycles. The van der Waals surface area contributed by atoms with Gasteiger partial charge in [-0.05, 0) is 25.8 Å². The maximum Gasteiger partial charge on any atom is 0.0575 e. The molecule has 1 rings (SSSR count). The fourth-order valence-electron chi connectivity index (χ4n) is 2.05. The number of rotatable bonds is 7. The second kappa shape index (κ2) is 6.49. The summed E-state index contributed by atoms with van der Waals surface area (Å²) in [6.07, 6.45) is 7.03. The lowest BCUT2D eigenvalue weighted by molar-refractivity contribution is 0.00697. The van der Waals surface area contributed by atoms with E-state index >= 15 is 0 Å². The van der Waals surface area contributed by atoms with E-state index in [1.807, 2.05) is 0 Å². The van der Waals surface area contributed by atoms with Crippen LogP contribution in [0.25, 0.3) is 0 Å². The van der Waals surface area contributed by atoms with Gasteiger partial charge in [0, 0.05) is 12.0 Å². The second-order valence-electron chi connectivity index (χ2n) is 5.56. The van der Waals surface area contributed by atoms with Gasteiger partial charge in [-0.15, -0.1) is 0 Å². The molecule has 2 heteroatoms. The Morgan fingerprint density at radius 3 is 2.53 bits per heavy atom. The van der Waals surface area contributed by atoms with Gasteiger partial charge in [0.25, 0.3) is 0 Å². The summed E-state index contributed by atoms with van der Waals surface area (Å²) in [7, 11) is 0. The van der Waals surface area contributed by atoms with E-state index in [1.54, 1.807) is 0 Å². The highest BCUT2D eigenvalue weighted by molar-refractivity contribution is 4.73. The molecule has 0 spiro atoms. The standard InChI is InChI=1S/C13H27NO/c1-4-9-14-10-13(2,3)11-15-12-7-5-6-8-12/h12,14H,4-11H2,1-3H3. The number of nitrogens with one attached hydrogen (secondary N) is 1. The molecule has 0 aromatic heterocycles. The lowest BCUT2D eigenvalue weighted by Crippen LogP contribution is -2.34. The molecular weight excluding hydrogens is 186 g/mol. The van der Waals surface area contributed by atoms with Gasteiger partial charge in [-0.1, -0.05) is 33.6 Å². The average molecular weight is 213 g/mol. The minimum Gasteiger partial charge on any atom is -0.378 e. The van der Waals surface area contributed by atoms with E-state index in [9.17, 15) is 0 Å². The number of hydrogen-bond donors (Lipinski definition) is 1. The Kier molecular flexibility index (Phi) is 5.62. The van der Waals surface area contributed by atoms with E-state index in [1.165, 1.54) is 32.1 Å². The molecule has 1 saturated carbocycles. The fourth-order valence-corrected chi connectivity index (χ4v) is 2.05. The van der Waals surface area contributed by atoms with Crippen LogP contribution in [0.1, 0.15) is 52.9 Å². The normalized spacial score (nSPS) is 18.6. The summed E-state index contributed by atoms with van der Waals surface area (Å²) in [6, 6.07) is 0. The lowest BCUT2D eigenvalue weighted by atomic mass is 9.94. The minimum absolute atomic E-state index is 0.276. The predicted octanol–water partition coefficient (Wildman–Crippen LogP) is 2.97. The summed E-state index contributed by atoms with van der Waals surface area (Å²) in [5.41, 5.74) is 0.276. The van der Waals surface area contributed by atoms with Crippen molar-refractivity contribution in [2.75, 3.05) is 19.7 Å². The monoisotopic (exact) mass is 213 g/mol. The predicted molar refractivity (Wildman–Crippen MR) is 65.1 cm³/mol. The van der Waals surface area contributed by atoms with Crippen molar-refractivity contribution in [2.45, 2.75) is 59.0 Å². The van der Waals surface area contributed by atoms with Gasteiger partial charge >= 0.3 is 0 Å². The van der Waals surface area contributed by atoms with Gasteiger partial charge in [0.05, 0.1) is 12.7 Å². The topological polar surface area (TPSA) is 21.3 Å². The number of hydrogen-bond acceptors (Lipinski definition) is 2. The Hall–Kier alpha value is -0.0800. The zero-order valence-corrected chi connectivity index (χ0v) is 10.6. The van der Waals surface area contributed by atoms with Crippen LogP contribution in [0.4, 0.5) is 0 Å². The summed E-state index contributed by atoms with van der Waals surface area (Å²) in [6.45, 7) is 9.85. The third-order valence-corrected chi connectivity index (χ3v) is 3.04. The molecule has 0 radical (unpaired) electrons. The van der Waals surface area contributed by atoms with Crippen molar-refractivity contribution in [1.29, 1.82) is 0 Å². The van der Waals surface area contributed by atoms with Gasteiger partial charge in [0.15, 0.2) is 0 Å². The van der Waals surface area contributed by atoms with E-state index in [-0.39, 0.29) is 5.41 Å². The Bertz CT molecular complexity index is 162. The smallest absolute Gasteiger partial charge is 0.0575 e. The molecule has 0 saturated heterocycles. The van der Waals surface area contributed by atoms with Gasteiger partial charge < -0.3 is 10.1 Å². The quantitative estimate of drug-likeness (QED) is 0.656. The SMILES string of the molecule is CCCNCC(C)(C)COC1CCCC1. The second-order valence-corrected chi connectivity index (χ2v) is 5.56. The molecule has 1 N–H and O–H groups in total. The Morgan fingerprint density at radius 1 is 1.27 bits per heavy atom. The van der Waals surface area contributed by atoms with Crippen LogP contribution < -0.4 is 5.32 Å². The van der Waals surface area contributed by atoms with E-state index in [4.69, 9.17) is 4.74 Å². The summed E-state index contributed by atoms with van der Waals surface area (Å²) in [4.78, 5) is 0.